The van der Waals surface area contributed by atoms with Crippen LogP contribution in [0, 0.1) is 10.1 Å². The Hall–Kier alpha value is -1.60. The van der Waals surface area contributed by atoms with E-state index in [0.29, 0.717) is 0 Å². The quantitative estimate of drug-likeness (QED) is 0.456. The van der Waals surface area contributed by atoms with Crippen molar-refractivity contribution in [3.63, 3.8) is 0 Å². The maximum atomic E-state index is 9.88. The summed E-state index contributed by atoms with van der Waals surface area (Å²) in [4.78, 5) is 16.0. The van der Waals surface area contributed by atoms with Crippen LogP contribution < -0.4 is 12.3 Å². The van der Waals surface area contributed by atoms with Gasteiger partial charge in [0, 0.05) is 6.07 Å². The van der Waals surface area contributed by atoms with Gasteiger partial charge in [-0.1, -0.05) is 9.97 Å². The molecule has 1 aromatic heterocycles. The summed E-state index contributed by atoms with van der Waals surface area (Å²) >= 11 is 0. The van der Waals surface area contributed by atoms with Gasteiger partial charge in [-0.2, -0.15) is 0 Å². The zero-order valence-electron chi connectivity index (χ0n) is 5.80. The van der Waals surface area contributed by atoms with E-state index in [2.05, 4.69) is 9.97 Å². The molecule has 0 saturated carbocycles. The van der Waals surface area contributed by atoms with Gasteiger partial charge in [0.15, 0.2) is 0 Å². The summed E-state index contributed by atoms with van der Waals surface area (Å²) < 4.78 is 0. The SMILES string of the molecule is N.N.O=[N+]([O-])c1ncccn1. The number of aromatic nitrogens is 2. The zero-order valence-corrected chi connectivity index (χ0v) is 5.80. The lowest BCUT2D eigenvalue weighted by molar-refractivity contribution is -0.394. The highest BCUT2D eigenvalue weighted by Crippen LogP contribution is 1.95. The highest BCUT2D eigenvalue weighted by Gasteiger charge is 2.02. The minimum Gasteiger partial charge on any atom is -0.390 e. The van der Waals surface area contributed by atoms with E-state index in [-0.39, 0.29) is 18.2 Å². The summed E-state index contributed by atoms with van der Waals surface area (Å²) in [5.74, 6) is -0.363. The van der Waals surface area contributed by atoms with Crippen LogP contribution in [0.25, 0.3) is 0 Å². The minimum atomic E-state index is -0.639. The van der Waals surface area contributed by atoms with Gasteiger partial charge >= 0.3 is 5.95 Å². The second-order valence-corrected chi connectivity index (χ2v) is 1.31. The largest absolute Gasteiger partial charge is 0.468 e. The van der Waals surface area contributed by atoms with Crippen LogP contribution in [-0.4, -0.2) is 14.9 Å². The van der Waals surface area contributed by atoms with Crippen LogP contribution in [0.4, 0.5) is 5.95 Å². The zero-order chi connectivity index (χ0) is 6.69. The average molecular weight is 159 g/mol. The van der Waals surface area contributed by atoms with E-state index in [1.807, 2.05) is 0 Å². The summed E-state index contributed by atoms with van der Waals surface area (Å²) in [7, 11) is 0. The molecular weight excluding hydrogens is 150 g/mol. The molecule has 0 saturated heterocycles. The molecule has 1 rings (SSSR count). The van der Waals surface area contributed by atoms with Gasteiger partial charge in [-0.05, 0) is 4.92 Å². The third-order valence-corrected chi connectivity index (χ3v) is 0.715. The van der Waals surface area contributed by atoms with Crippen LogP contribution in [0.2, 0.25) is 0 Å². The van der Waals surface area contributed by atoms with Gasteiger partial charge in [-0.25, -0.2) is 0 Å². The molecule has 0 spiro atoms. The van der Waals surface area contributed by atoms with Gasteiger partial charge < -0.3 is 22.4 Å². The van der Waals surface area contributed by atoms with E-state index < -0.39 is 4.92 Å². The molecule has 0 amide bonds. The molecule has 1 heterocycles. The normalized spacial score (nSPS) is 7.27. The van der Waals surface area contributed by atoms with Gasteiger partial charge in [0.2, 0.25) is 0 Å². The highest BCUT2D eigenvalue weighted by atomic mass is 16.6. The second kappa shape index (κ2) is 5.21. The highest BCUT2D eigenvalue weighted by molar-refractivity contribution is 5.00. The maximum absolute atomic E-state index is 9.88. The van der Waals surface area contributed by atoms with Crippen molar-refractivity contribution in [1.29, 1.82) is 0 Å². The molecule has 1 aromatic rings. The van der Waals surface area contributed by atoms with Crippen LogP contribution in [-0.2, 0) is 0 Å². The molecule has 6 N–H and O–H groups in total. The lowest BCUT2D eigenvalue weighted by Gasteiger charge is -1.86. The molecule has 0 aliphatic heterocycles. The van der Waals surface area contributed by atoms with E-state index in [1.165, 1.54) is 18.5 Å². The van der Waals surface area contributed by atoms with Gasteiger partial charge in [-0.15, -0.1) is 0 Å². The molecule has 0 atom stereocenters. The summed E-state index contributed by atoms with van der Waals surface area (Å²) in [5.41, 5.74) is 0. The van der Waals surface area contributed by atoms with E-state index in [9.17, 15) is 10.1 Å². The minimum absolute atomic E-state index is 0. The lowest BCUT2D eigenvalue weighted by atomic mass is 10.7. The summed E-state index contributed by atoms with van der Waals surface area (Å²) in [5, 5.41) is 9.88. The topological polar surface area (TPSA) is 139 Å². The fraction of sp³-hybridized carbons (Fsp3) is 0. The van der Waals surface area contributed by atoms with Gasteiger partial charge in [-0.3, -0.25) is 0 Å². The number of hydrogen-bond donors (Lipinski definition) is 2. The number of nitrogens with zero attached hydrogens (tertiary/aromatic N) is 3. The van der Waals surface area contributed by atoms with E-state index in [4.69, 9.17) is 0 Å². The van der Waals surface area contributed by atoms with Crippen molar-refractivity contribution in [2.45, 2.75) is 0 Å². The monoisotopic (exact) mass is 159 g/mol. The summed E-state index contributed by atoms with van der Waals surface area (Å²) in [6.45, 7) is 0. The molecule has 0 fully saturated rings. The average Bonchev–Trinajstić information content (AvgIpc) is 1.90. The molecule has 7 heteroatoms. The first-order valence-electron chi connectivity index (χ1n) is 2.22. The number of hydrogen-bond acceptors (Lipinski definition) is 6. The Morgan fingerprint density at radius 1 is 1.27 bits per heavy atom. The van der Waals surface area contributed by atoms with Crippen molar-refractivity contribution in [1.82, 2.24) is 22.3 Å². The summed E-state index contributed by atoms with van der Waals surface area (Å²) in [6, 6.07) is 1.52. The Morgan fingerprint density at radius 2 is 1.73 bits per heavy atom. The van der Waals surface area contributed by atoms with Crippen molar-refractivity contribution in [2.75, 3.05) is 0 Å². The van der Waals surface area contributed by atoms with Gasteiger partial charge in [0.05, 0.1) is 0 Å². The molecule has 0 unspecified atom stereocenters. The number of nitro groups is 1. The first-order chi connectivity index (χ1) is 4.30. The lowest BCUT2D eigenvalue weighted by Crippen LogP contribution is -1.92. The number of rotatable bonds is 1. The fourth-order valence-electron chi connectivity index (χ4n) is 0.386. The van der Waals surface area contributed by atoms with E-state index >= 15 is 0 Å². The second-order valence-electron chi connectivity index (χ2n) is 1.31. The molecule has 7 nitrogen and oxygen atoms in total. The summed E-state index contributed by atoms with van der Waals surface area (Å²) in [6.07, 6.45) is 2.65. The predicted octanol–water partition coefficient (Wildman–Crippen LogP) is 0.709. The fourth-order valence-corrected chi connectivity index (χ4v) is 0.386. The first kappa shape index (κ1) is 12.1. The van der Waals surface area contributed by atoms with E-state index in [1.54, 1.807) is 0 Å². The maximum Gasteiger partial charge on any atom is 0.468 e. The Bertz CT molecular complexity index is 213. The van der Waals surface area contributed by atoms with Crippen molar-refractivity contribution in [3.05, 3.63) is 28.6 Å². The smallest absolute Gasteiger partial charge is 0.390 e. The van der Waals surface area contributed by atoms with Gasteiger partial charge in [0.1, 0.15) is 12.4 Å². The predicted molar refractivity (Wildman–Crippen MR) is 38.7 cm³/mol. The molecule has 0 aliphatic rings. The molecule has 0 aliphatic carbocycles. The molecule has 0 radical (unpaired) electrons. The van der Waals surface area contributed by atoms with Crippen molar-refractivity contribution >= 4 is 5.95 Å². The van der Waals surface area contributed by atoms with Crippen LogP contribution in [0.5, 0.6) is 0 Å². The standard InChI is InChI=1S/C4H3N3O2.2H3N/c8-7(9)4-5-2-1-3-6-4;;/h1-3H;2*1H3. The molecule has 11 heavy (non-hydrogen) atoms. The molecule has 0 bridgehead atoms. The van der Waals surface area contributed by atoms with Crippen LogP contribution in [0.3, 0.4) is 0 Å². The van der Waals surface area contributed by atoms with Crippen LogP contribution >= 0.6 is 0 Å². The molecule has 0 aromatic carbocycles. The van der Waals surface area contributed by atoms with Crippen LogP contribution in [0.1, 0.15) is 0 Å². The van der Waals surface area contributed by atoms with Gasteiger partial charge in [0.25, 0.3) is 0 Å². The van der Waals surface area contributed by atoms with Crippen molar-refractivity contribution in [2.24, 2.45) is 0 Å². The first-order valence-corrected chi connectivity index (χ1v) is 2.22. The van der Waals surface area contributed by atoms with E-state index in [0.717, 1.165) is 0 Å². The molecular formula is C4H9N5O2. The molecule has 62 valence electrons. The third kappa shape index (κ3) is 3.18. The third-order valence-electron chi connectivity index (χ3n) is 0.715. The Balaban J connectivity index is 0. The Kier molecular flexibility index (Phi) is 5.73. The van der Waals surface area contributed by atoms with Crippen LogP contribution in [0.15, 0.2) is 18.5 Å². The van der Waals surface area contributed by atoms with Crippen molar-refractivity contribution < 1.29 is 4.92 Å². The Labute approximate surface area is 62.8 Å². The Morgan fingerprint density at radius 3 is 2.00 bits per heavy atom. The van der Waals surface area contributed by atoms with Crippen molar-refractivity contribution in [3.8, 4) is 0 Å².